The molecule has 3 heteroatoms. The van der Waals surface area contributed by atoms with Crippen LogP contribution in [0.4, 0.5) is 0 Å². The van der Waals surface area contributed by atoms with Crippen molar-refractivity contribution in [2.24, 2.45) is 0 Å². The Hall–Kier alpha value is -1.74. The van der Waals surface area contributed by atoms with E-state index in [9.17, 15) is 5.11 Å². The topological polar surface area (TPSA) is 46.0 Å². The lowest BCUT2D eigenvalue weighted by molar-refractivity contribution is 0.176. The van der Waals surface area contributed by atoms with Gasteiger partial charge in [-0.15, -0.1) is 0 Å². The summed E-state index contributed by atoms with van der Waals surface area (Å²) in [5, 5.41) is 18.8. The van der Waals surface area contributed by atoms with E-state index in [1.165, 1.54) is 11.1 Å². The molecule has 0 bridgehead atoms. The standard InChI is InChI=1S/C17H22N2O/c1-5-16-15(9-13(4)18-19-16)17(20)10-14-7-11(2)6-12(3)8-14/h6-9,17,20H,5,10H2,1-4H3. The number of aryl methyl sites for hydroxylation is 4. The molecule has 1 N–H and O–H groups in total. The molecule has 3 nitrogen and oxygen atoms in total. The predicted molar refractivity (Wildman–Crippen MR) is 80.7 cm³/mol. The van der Waals surface area contributed by atoms with Crippen LogP contribution < -0.4 is 0 Å². The summed E-state index contributed by atoms with van der Waals surface area (Å²) in [5.41, 5.74) is 6.24. The van der Waals surface area contributed by atoms with Gasteiger partial charge in [0.15, 0.2) is 0 Å². The van der Waals surface area contributed by atoms with Crippen LogP contribution in [-0.2, 0) is 12.8 Å². The van der Waals surface area contributed by atoms with Crippen LogP contribution in [0.2, 0.25) is 0 Å². The van der Waals surface area contributed by atoms with Gasteiger partial charge < -0.3 is 5.11 Å². The Bertz CT molecular complexity index is 588. The van der Waals surface area contributed by atoms with Gasteiger partial charge in [-0.3, -0.25) is 0 Å². The van der Waals surface area contributed by atoms with E-state index in [-0.39, 0.29) is 0 Å². The predicted octanol–water partition coefficient (Wildman–Crippen LogP) is 3.24. The van der Waals surface area contributed by atoms with Crippen LogP contribution in [0.1, 0.15) is 46.7 Å². The molecule has 1 atom stereocenters. The van der Waals surface area contributed by atoms with E-state index < -0.39 is 6.10 Å². The lowest BCUT2D eigenvalue weighted by Crippen LogP contribution is -2.09. The first-order valence-corrected chi connectivity index (χ1v) is 7.08. The van der Waals surface area contributed by atoms with Gasteiger partial charge >= 0.3 is 0 Å². The molecule has 0 aliphatic carbocycles. The summed E-state index contributed by atoms with van der Waals surface area (Å²) in [6.07, 6.45) is 0.869. The quantitative estimate of drug-likeness (QED) is 0.927. The minimum Gasteiger partial charge on any atom is -0.388 e. The van der Waals surface area contributed by atoms with Crippen LogP contribution >= 0.6 is 0 Å². The number of aliphatic hydroxyl groups is 1. The second kappa shape index (κ2) is 6.14. The largest absolute Gasteiger partial charge is 0.388 e. The number of hydrogen-bond acceptors (Lipinski definition) is 3. The van der Waals surface area contributed by atoms with Gasteiger partial charge in [-0.25, -0.2) is 0 Å². The number of aliphatic hydroxyl groups excluding tert-OH is 1. The van der Waals surface area contributed by atoms with Crippen LogP contribution in [0.15, 0.2) is 24.3 Å². The molecule has 2 rings (SSSR count). The van der Waals surface area contributed by atoms with Crippen LogP contribution in [-0.4, -0.2) is 15.3 Å². The van der Waals surface area contributed by atoms with Crippen molar-refractivity contribution in [1.29, 1.82) is 0 Å². The molecule has 0 saturated carbocycles. The van der Waals surface area contributed by atoms with Gasteiger partial charge in [-0.2, -0.15) is 10.2 Å². The maximum atomic E-state index is 10.5. The van der Waals surface area contributed by atoms with Crippen molar-refractivity contribution in [3.05, 3.63) is 57.9 Å². The number of nitrogens with zero attached hydrogens (tertiary/aromatic N) is 2. The molecule has 20 heavy (non-hydrogen) atoms. The number of aromatic nitrogens is 2. The van der Waals surface area contributed by atoms with Crippen LogP contribution in [0.3, 0.4) is 0 Å². The van der Waals surface area contributed by atoms with E-state index in [1.807, 2.05) is 19.9 Å². The third-order valence-corrected chi connectivity index (χ3v) is 3.43. The van der Waals surface area contributed by atoms with Gasteiger partial charge in [0.2, 0.25) is 0 Å². The van der Waals surface area contributed by atoms with Gasteiger partial charge in [-0.05, 0) is 38.8 Å². The van der Waals surface area contributed by atoms with Crippen LogP contribution in [0, 0.1) is 20.8 Å². The van der Waals surface area contributed by atoms with Crippen molar-refractivity contribution < 1.29 is 5.11 Å². The van der Waals surface area contributed by atoms with Crippen molar-refractivity contribution in [2.75, 3.05) is 0 Å². The molecule has 1 unspecified atom stereocenters. The zero-order valence-electron chi connectivity index (χ0n) is 12.6. The van der Waals surface area contributed by atoms with E-state index in [0.29, 0.717) is 6.42 Å². The van der Waals surface area contributed by atoms with Crippen molar-refractivity contribution in [3.8, 4) is 0 Å². The molecular weight excluding hydrogens is 248 g/mol. The van der Waals surface area contributed by atoms with Crippen molar-refractivity contribution in [1.82, 2.24) is 10.2 Å². The third kappa shape index (κ3) is 3.42. The minimum atomic E-state index is -0.527. The average Bonchev–Trinajstić information content (AvgIpc) is 2.37. The molecule has 106 valence electrons. The van der Waals surface area contributed by atoms with Gasteiger partial charge in [0, 0.05) is 12.0 Å². The van der Waals surface area contributed by atoms with Crippen LogP contribution in [0.5, 0.6) is 0 Å². The fraction of sp³-hybridized carbons (Fsp3) is 0.412. The van der Waals surface area contributed by atoms with Gasteiger partial charge in [-0.1, -0.05) is 36.2 Å². The molecule has 1 aromatic heterocycles. The van der Waals surface area contributed by atoms with Gasteiger partial charge in [0.25, 0.3) is 0 Å². The van der Waals surface area contributed by atoms with Gasteiger partial charge in [0.1, 0.15) is 0 Å². The Balaban J connectivity index is 2.27. The lowest BCUT2D eigenvalue weighted by Gasteiger charge is -2.15. The maximum Gasteiger partial charge on any atom is 0.0849 e. The summed E-state index contributed by atoms with van der Waals surface area (Å²) in [7, 11) is 0. The molecule has 0 fully saturated rings. The smallest absolute Gasteiger partial charge is 0.0849 e. The highest BCUT2D eigenvalue weighted by Gasteiger charge is 2.14. The zero-order chi connectivity index (χ0) is 14.7. The molecule has 1 heterocycles. The Labute approximate surface area is 120 Å². The first-order chi connectivity index (χ1) is 9.49. The third-order valence-electron chi connectivity index (χ3n) is 3.43. The normalized spacial score (nSPS) is 12.4. The number of benzene rings is 1. The molecule has 1 aromatic carbocycles. The van der Waals surface area contributed by atoms with Gasteiger partial charge in [0.05, 0.1) is 17.5 Å². The highest BCUT2D eigenvalue weighted by atomic mass is 16.3. The summed E-state index contributed by atoms with van der Waals surface area (Å²) in [6.45, 7) is 8.10. The second-order valence-corrected chi connectivity index (χ2v) is 5.46. The van der Waals surface area contributed by atoms with Crippen molar-refractivity contribution in [2.45, 2.75) is 46.6 Å². The Kier molecular flexibility index (Phi) is 4.50. The highest BCUT2D eigenvalue weighted by molar-refractivity contribution is 5.31. The monoisotopic (exact) mass is 270 g/mol. The molecule has 0 aliphatic heterocycles. The number of hydrogen-bond donors (Lipinski definition) is 1. The zero-order valence-corrected chi connectivity index (χ0v) is 12.6. The van der Waals surface area contributed by atoms with Crippen molar-refractivity contribution in [3.63, 3.8) is 0 Å². The lowest BCUT2D eigenvalue weighted by atomic mass is 9.97. The summed E-state index contributed by atoms with van der Waals surface area (Å²) in [6, 6.07) is 8.34. The molecular formula is C17H22N2O. The fourth-order valence-corrected chi connectivity index (χ4v) is 2.62. The second-order valence-electron chi connectivity index (χ2n) is 5.46. The van der Waals surface area contributed by atoms with Crippen LogP contribution in [0.25, 0.3) is 0 Å². The molecule has 2 aromatic rings. The van der Waals surface area contributed by atoms with E-state index >= 15 is 0 Å². The molecule has 0 aliphatic rings. The van der Waals surface area contributed by atoms with Crippen molar-refractivity contribution >= 4 is 0 Å². The first kappa shape index (κ1) is 14.7. The first-order valence-electron chi connectivity index (χ1n) is 7.08. The van der Waals surface area contributed by atoms with E-state index in [4.69, 9.17) is 0 Å². The average molecular weight is 270 g/mol. The fourth-order valence-electron chi connectivity index (χ4n) is 2.62. The molecule has 0 radical (unpaired) electrons. The molecule has 0 spiro atoms. The van der Waals surface area contributed by atoms with E-state index in [1.54, 1.807) is 0 Å². The maximum absolute atomic E-state index is 10.5. The summed E-state index contributed by atoms with van der Waals surface area (Å²) in [5.74, 6) is 0. The van der Waals surface area contributed by atoms with E-state index in [0.717, 1.165) is 28.9 Å². The number of rotatable bonds is 4. The highest BCUT2D eigenvalue weighted by Crippen LogP contribution is 2.22. The Morgan fingerprint density at radius 2 is 1.65 bits per heavy atom. The molecule has 0 amide bonds. The minimum absolute atomic E-state index is 0.527. The summed E-state index contributed by atoms with van der Waals surface area (Å²) in [4.78, 5) is 0. The Morgan fingerprint density at radius 3 is 2.25 bits per heavy atom. The Morgan fingerprint density at radius 1 is 1.00 bits per heavy atom. The SMILES string of the molecule is CCc1nnc(C)cc1C(O)Cc1cc(C)cc(C)c1. The summed E-state index contributed by atoms with van der Waals surface area (Å²) < 4.78 is 0. The summed E-state index contributed by atoms with van der Waals surface area (Å²) >= 11 is 0. The van der Waals surface area contributed by atoms with E-state index in [2.05, 4.69) is 42.2 Å². The molecule has 0 saturated heterocycles.